The molecule has 7 heteroatoms. The number of rotatable bonds is 2. The van der Waals surface area contributed by atoms with Crippen molar-refractivity contribution in [3.05, 3.63) is 35.5 Å². The Bertz CT molecular complexity index is 595. The molecular weight excluding hydrogens is 234 g/mol. The van der Waals surface area contributed by atoms with E-state index in [4.69, 9.17) is 10.2 Å². The number of H-pyrrole nitrogens is 1. The second kappa shape index (κ2) is 3.85. The molecule has 0 atom stereocenters. The second-order valence-corrected chi connectivity index (χ2v) is 3.26. The molecule has 2 aromatic rings. The van der Waals surface area contributed by atoms with Gasteiger partial charge in [-0.1, -0.05) is 0 Å². The van der Waals surface area contributed by atoms with E-state index in [-0.39, 0.29) is 17.0 Å². The molecule has 1 aromatic heterocycles. The Morgan fingerprint density at radius 3 is 2.53 bits per heavy atom. The predicted octanol–water partition coefficient (Wildman–Crippen LogP) is 1.76. The van der Waals surface area contributed by atoms with Gasteiger partial charge in [0.1, 0.15) is 11.5 Å². The molecule has 0 fully saturated rings. The first kappa shape index (κ1) is 11.1. The van der Waals surface area contributed by atoms with Crippen molar-refractivity contribution in [2.45, 2.75) is 0 Å². The molecule has 17 heavy (non-hydrogen) atoms. The average Bonchev–Trinajstić information content (AvgIpc) is 2.72. The lowest BCUT2D eigenvalue weighted by atomic mass is 10.1. The van der Waals surface area contributed by atoms with Crippen LogP contribution in [0.1, 0.15) is 10.5 Å². The average molecular weight is 240 g/mol. The van der Waals surface area contributed by atoms with E-state index in [1.165, 1.54) is 0 Å². The number of carboxylic acid groups (broad SMARTS) is 1. The number of aromatic amines is 1. The maximum atomic E-state index is 13.4. The maximum absolute atomic E-state index is 13.4. The molecule has 0 saturated carbocycles. The van der Waals surface area contributed by atoms with Gasteiger partial charge in [0.05, 0.1) is 5.69 Å². The molecule has 0 amide bonds. The summed E-state index contributed by atoms with van der Waals surface area (Å²) in [5.74, 6) is -4.03. The molecule has 0 aliphatic heterocycles. The van der Waals surface area contributed by atoms with E-state index in [2.05, 4.69) is 10.2 Å². The highest BCUT2D eigenvalue weighted by Crippen LogP contribution is 2.27. The van der Waals surface area contributed by atoms with Gasteiger partial charge in [0.15, 0.2) is 11.6 Å². The molecular formula is C10H6F2N2O3. The number of phenolic OH excluding ortho intramolecular Hbond substituents is 1. The van der Waals surface area contributed by atoms with Gasteiger partial charge in [-0.15, -0.1) is 0 Å². The highest BCUT2D eigenvalue weighted by molar-refractivity contribution is 5.86. The van der Waals surface area contributed by atoms with E-state index >= 15 is 0 Å². The van der Waals surface area contributed by atoms with Crippen molar-refractivity contribution < 1.29 is 23.8 Å². The molecule has 0 saturated heterocycles. The summed E-state index contributed by atoms with van der Waals surface area (Å²) in [6.45, 7) is 0. The lowest BCUT2D eigenvalue weighted by molar-refractivity contribution is 0.0690. The van der Waals surface area contributed by atoms with Crippen LogP contribution in [0.3, 0.4) is 0 Å². The van der Waals surface area contributed by atoms with Gasteiger partial charge >= 0.3 is 5.97 Å². The topological polar surface area (TPSA) is 86.2 Å². The summed E-state index contributed by atoms with van der Waals surface area (Å²) in [6, 6.07) is 2.42. The number of nitrogens with zero attached hydrogens (tertiary/aromatic N) is 1. The normalized spacial score (nSPS) is 10.5. The first-order valence-corrected chi connectivity index (χ1v) is 4.46. The largest absolute Gasteiger partial charge is 0.505 e. The predicted molar refractivity (Wildman–Crippen MR) is 52.6 cm³/mol. The van der Waals surface area contributed by atoms with Crippen molar-refractivity contribution >= 4 is 5.97 Å². The number of carboxylic acids is 1. The number of hydrogen-bond acceptors (Lipinski definition) is 3. The summed E-state index contributed by atoms with van der Waals surface area (Å²) >= 11 is 0. The monoisotopic (exact) mass is 240 g/mol. The van der Waals surface area contributed by atoms with Crippen LogP contribution < -0.4 is 0 Å². The minimum absolute atomic E-state index is 0.0322. The van der Waals surface area contributed by atoms with E-state index in [0.717, 1.165) is 12.1 Å². The van der Waals surface area contributed by atoms with Crippen LogP contribution in [0, 0.1) is 11.6 Å². The number of aromatic nitrogens is 2. The summed E-state index contributed by atoms with van der Waals surface area (Å²) in [5.41, 5.74) is -0.453. The van der Waals surface area contributed by atoms with Gasteiger partial charge in [-0.25, -0.2) is 13.6 Å². The Balaban J connectivity index is 2.52. The van der Waals surface area contributed by atoms with Crippen LogP contribution in [0.5, 0.6) is 5.75 Å². The van der Waals surface area contributed by atoms with Crippen molar-refractivity contribution in [2.75, 3.05) is 0 Å². The number of benzene rings is 1. The van der Waals surface area contributed by atoms with Crippen LogP contribution in [0.4, 0.5) is 8.78 Å². The molecule has 0 aliphatic carbocycles. The number of halogens is 2. The van der Waals surface area contributed by atoms with Crippen molar-refractivity contribution in [3.63, 3.8) is 0 Å². The number of hydrogen-bond donors (Lipinski definition) is 3. The van der Waals surface area contributed by atoms with Crippen LogP contribution in [0.15, 0.2) is 18.2 Å². The van der Waals surface area contributed by atoms with Crippen LogP contribution in [0.25, 0.3) is 11.3 Å². The molecule has 1 heterocycles. The van der Waals surface area contributed by atoms with Gasteiger partial charge in [0.2, 0.25) is 0 Å². The van der Waals surface area contributed by atoms with Crippen LogP contribution in [0.2, 0.25) is 0 Å². The molecule has 0 radical (unpaired) electrons. The minimum atomic E-state index is -1.25. The number of aromatic hydroxyl groups is 1. The number of aromatic carboxylic acids is 1. The maximum Gasteiger partial charge on any atom is 0.353 e. The fraction of sp³-hybridized carbons (Fsp3) is 0. The van der Waals surface area contributed by atoms with Crippen molar-refractivity contribution in [2.24, 2.45) is 0 Å². The zero-order valence-corrected chi connectivity index (χ0v) is 8.24. The lowest BCUT2D eigenvalue weighted by Crippen LogP contribution is -1.95. The fourth-order valence-corrected chi connectivity index (χ4v) is 1.30. The van der Waals surface area contributed by atoms with E-state index < -0.39 is 23.4 Å². The highest BCUT2D eigenvalue weighted by Gasteiger charge is 2.15. The second-order valence-electron chi connectivity index (χ2n) is 3.26. The Labute approximate surface area is 93.3 Å². The first-order valence-electron chi connectivity index (χ1n) is 4.46. The van der Waals surface area contributed by atoms with Gasteiger partial charge in [-0.2, -0.15) is 5.10 Å². The Morgan fingerprint density at radius 1 is 1.24 bits per heavy atom. The molecule has 1 aromatic carbocycles. The van der Waals surface area contributed by atoms with E-state index in [0.29, 0.717) is 6.07 Å². The molecule has 0 bridgehead atoms. The molecule has 88 valence electrons. The minimum Gasteiger partial charge on any atom is -0.505 e. The molecule has 2 rings (SSSR count). The lowest BCUT2D eigenvalue weighted by Gasteiger charge is -2.01. The standard InChI is InChI=1S/C10H6F2N2O3/c11-5-2-6(12)9(15)1-4(5)7-3-8(10(16)17)14-13-7/h1-3,15H,(H,13,14)(H,16,17). The summed E-state index contributed by atoms with van der Waals surface area (Å²) in [4.78, 5) is 10.6. The molecule has 0 aliphatic rings. The van der Waals surface area contributed by atoms with E-state index in [1.54, 1.807) is 0 Å². The van der Waals surface area contributed by atoms with Gasteiger partial charge in [-0.05, 0) is 12.1 Å². The zero-order chi connectivity index (χ0) is 12.6. The SMILES string of the molecule is O=C(O)c1cc(-c2cc(O)c(F)cc2F)n[nH]1. The molecule has 0 spiro atoms. The third-order valence-electron chi connectivity index (χ3n) is 2.12. The number of nitrogens with one attached hydrogen (secondary N) is 1. The molecule has 3 N–H and O–H groups in total. The van der Waals surface area contributed by atoms with Crippen molar-refractivity contribution in [1.82, 2.24) is 10.2 Å². The van der Waals surface area contributed by atoms with Crippen molar-refractivity contribution in [3.8, 4) is 17.0 Å². The van der Waals surface area contributed by atoms with Gasteiger partial charge in [-0.3, -0.25) is 5.10 Å². The Kier molecular flexibility index (Phi) is 2.51. The summed E-state index contributed by atoms with van der Waals surface area (Å²) in [7, 11) is 0. The fourth-order valence-electron chi connectivity index (χ4n) is 1.30. The van der Waals surface area contributed by atoms with E-state index in [9.17, 15) is 13.6 Å². The van der Waals surface area contributed by atoms with Crippen molar-refractivity contribution in [1.29, 1.82) is 0 Å². The summed E-state index contributed by atoms with van der Waals surface area (Å²) in [6.07, 6.45) is 0. The summed E-state index contributed by atoms with van der Waals surface area (Å²) in [5, 5.41) is 23.5. The Hall–Kier alpha value is -2.44. The first-order chi connectivity index (χ1) is 7.99. The highest BCUT2D eigenvalue weighted by atomic mass is 19.1. The van der Waals surface area contributed by atoms with Gasteiger partial charge in [0.25, 0.3) is 0 Å². The smallest absolute Gasteiger partial charge is 0.353 e. The quantitative estimate of drug-likeness (QED) is 0.746. The molecule has 5 nitrogen and oxygen atoms in total. The van der Waals surface area contributed by atoms with Crippen LogP contribution in [-0.4, -0.2) is 26.4 Å². The van der Waals surface area contributed by atoms with E-state index in [1.807, 2.05) is 0 Å². The third kappa shape index (κ3) is 1.94. The van der Waals surface area contributed by atoms with Gasteiger partial charge in [0, 0.05) is 11.6 Å². The number of carbonyl (C=O) groups is 1. The zero-order valence-electron chi connectivity index (χ0n) is 8.24. The summed E-state index contributed by atoms with van der Waals surface area (Å²) < 4.78 is 26.2. The van der Waals surface area contributed by atoms with Crippen LogP contribution in [-0.2, 0) is 0 Å². The van der Waals surface area contributed by atoms with Gasteiger partial charge < -0.3 is 10.2 Å². The molecule has 0 unspecified atom stereocenters. The van der Waals surface area contributed by atoms with Crippen LogP contribution >= 0.6 is 0 Å². The number of phenols is 1. The Morgan fingerprint density at radius 2 is 1.94 bits per heavy atom. The third-order valence-corrected chi connectivity index (χ3v) is 2.12.